The molecule has 6 nitrogen and oxygen atoms in total. The second-order valence-electron chi connectivity index (χ2n) is 6.57. The van der Waals surface area contributed by atoms with Gasteiger partial charge >= 0.3 is 51.4 Å². The first-order valence-electron chi connectivity index (χ1n) is 7.86. The smallest absolute Gasteiger partial charge is 0.850 e. The number of ether oxygens (including phenoxy) is 2. The Morgan fingerprint density at radius 2 is 1.92 bits per heavy atom. The van der Waals surface area contributed by atoms with Crippen LogP contribution in [-0.2, 0) is 4.74 Å². The predicted molar refractivity (Wildman–Crippen MR) is 86.5 cm³/mol. The van der Waals surface area contributed by atoms with Crippen LogP contribution in [-0.4, -0.2) is 34.9 Å². The van der Waals surface area contributed by atoms with Crippen LogP contribution in [0.1, 0.15) is 33.6 Å². The maximum atomic E-state index is 13.5. The SMILES string of the molecule is CC(C)(C)[O-].O=c1[nH]cnc2cc(F)cc(OC3CCOCC3)c12.[K+]. The molecule has 8 heteroatoms. The van der Waals surface area contributed by atoms with Crippen LogP contribution >= 0.6 is 0 Å². The van der Waals surface area contributed by atoms with E-state index in [2.05, 4.69) is 9.97 Å². The Morgan fingerprint density at radius 1 is 1.32 bits per heavy atom. The number of fused-ring (bicyclic) bond motifs is 1. The van der Waals surface area contributed by atoms with Gasteiger partial charge in [0.25, 0.3) is 5.56 Å². The molecule has 2 heterocycles. The second-order valence-corrected chi connectivity index (χ2v) is 6.57. The Morgan fingerprint density at radius 3 is 2.52 bits per heavy atom. The van der Waals surface area contributed by atoms with E-state index in [-0.39, 0.29) is 74.2 Å². The average Bonchev–Trinajstić information content (AvgIpc) is 2.46. The van der Waals surface area contributed by atoms with E-state index in [1.54, 1.807) is 20.8 Å². The van der Waals surface area contributed by atoms with Crippen molar-refractivity contribution in [2.75, 3.05) is 13.2 Å². The third kappa shape index (κ3) is 7.82. The normalized spacial score (nSPS) is 15.1. The van der Waals surface area contributed by atoms with Crippen molar-refractivity contribution in [1.29, 1.82) is 0 Å². The number of hydrogen-bond acceptors (Lipinski definition) is 5. The van der Waals surface area contributed by atoms with Gasteiger partial charge in [0, 0.05) is 25.0 Å². The van der Waals surface area contributed by atoms with Gasteiger partial charge in [-0.05, 0) is 0 Å². The van der Waals surface area contributed by atoms with Gasteiger partial charge in [0.15, 0.2) is 0 Å². The van der Waals surface area contributed by atoms with Crippen LogP contribution in [0.3, 0.4) is 0 Å². The molecule has 25 heavy (non-hydrogen) atoms. The molecule has 1 N–H and O–H groups in total. The average molecular weight is 376 g/mol. The summed E-state index contributed by atoms with van der Waals surface area (Å²) in [6, 6.07) is 2.45. The zero-order valence-corrected chi connectivity index (χ0v) is 18.2. The van der Waals surface area contributed by atoms with Crippen LogP contribution in [0.2, 0.25) is 0 Å². The van der Waals surface area contributed by atoms with Crippen LogP contribution < -0.4 is 66.8 Å². The number of nitrogens with zero attached hydrogens (tertiary/aromatic N) is 1. The van der Waals surface area contributed by atoms with Crippen LogP contribution in [0.15, 0.2) is 23.3 Å². The number of aromatic amines is 1. The van der Waals surface area contributed by atoms with Gasteiger partial charge in [-0.1, -0.05) is 20.8 Å². The van der Waals surface area contributed by atoms with Crippen LogP contribution in [0, 0.1) is 5.82 Å². The zero-order valence-electron chi connectivity index (χ0n) is 15.1. The van der Waals surface area contributed by atoms with Crippen molar-refractivity contribution in [3.8, 4) is 5.75 Å². The van der Waals surface area contributed by atoms with E-state index in [1.807, 2.05) is 0 Å². The fourth-order valence-corrected chi connectivity index (χ4v) is 2.20. The molecule has 1 saturated heterocycles. The van der Waals surface area contributed by atoms with Gasteiger partial charge in [-0.2, -0.15) is 0 Å². The Labute approximate surface area is 188 Å². The third-order valence-corrected chi connectivity index (χ3v) is 3.13. The van der Waals surface area contributed by atoms with Crippen molar-refractivity contribution in [2.24, 2.45) is 0 Å². The largest absolute Gasteiger partial charge is 1.00 e. The summed E-state index contributed by atoms with van der Waals surface area (Å²) in [7, 11) is 0. The molecule has 1 aromatic carbocycles. The quantitative estimate of drug-likeness (QED) is 0.663. The molecule has 0 amide bonds. The van der Waals surface area contributed by atoms with E-state index in [0.29, 0.717) is 18.7 Å². The van der Waals surface area contributed by atoms with Crippen LogP contribution in [0.5, 0.6) is 5.75 Å². The number of H-pyrrole nitrogens is 1. The molecule has 1 fully saturated rings. The van der Waals surface area contributed by atoms with E-state index in [0.717, 1.165) is 12.8 Å². The molecule has 1 aliphatic rings. The van der Waals surface area contributed by atoms with Gasteiger partial charge in [-0.15, -0.1) is 5.60 Å². The van der Waals surface area contributed by atoms with Crippen molar-refractivity contribution in [2.45, 2.75) is 45.3 Å². The molecule has 1 aliphatic heterocycles. The number of aromatic nitrogens is 2. The summed E-state index contributed by atoms with van der Waals surface area (Å²) in [5.74, 6) is -0.219. The molecule has 1 aromatic heterocycles. The van der Waals surface area contributed by atoms with Crippen molar-refractivity contribution >= 4 is 10.9 Å². The summed E-state index contributed by atoms with van der Waals surface area (Å²) in [5, 5.41) is 10.4. The summed E-state index contributed by atoms with van der Waals surface area (Å²) in [5.41, 5.74) is -0.780. The van der Waals surface area contributed by atoms with E-state index in [1.165, 1.54) is 18.5 Å². The second kappa shape index (κ2) is 10.1. The first-order chi connectivity index (χ1) is 11.2. The van der Waals surface area contributed by atoms with Crippen LogP contribution in [0.25, 0.3) is 10.9 Å². The van der Waals surface area contributed by atoms with Crippen LogP contribution in [0.4, 0.5) is 4.39 Å². The third-order valence-electron chi connectivity index (χ3n) is 3.13. The van der Waals surface area contributed by atoms with Gasteiger partial charge in [0.2, 0.25) is 0 Å². The van der Waals surface area contributed by atoms with Crippen molar-refractivity contribution < 1.29 is 70.4 Å². The summed E-state index contributed by atoms with van der Waals surface area (Å²) in [6.45, 7) is 6.13. The fraction of sp³-hybridized carbons (Fsp3) is 0.529. The van der Waals surface area contributed by atoms with Crippen molar-refractivity contribution in [3.63, 3.8) is 0 Å². The number of halogens is 1. The molecule has 132 valence electrons. The Balaban J connectivity index is 0.000000462. The molecule has 0 unspecified atom stereocenters. The summed E-state index contributed by atoms with van der Waals surface area (Å²) < 4.78 is 24.5. The topological polar surface area (TPSA) is 87.3 Å². The molecular formula is C17H22FKN2O4. The molecule has 0 atom stereocenters. The monoisotopic (exact) mass is 376 g/mol. The summed E-state index contributed by atoms with van der Waals surface area (Å²) in [4.78, 5) is 18.3. The number of hydrogen-bond donors (Lipinski definition) is 1. The first-order valence-corrected chi connectivity index (χ1v) is 7.86. The van der Waals surface area contributed by atoms with Gasteiger partial charge in [-0.25, -0.2) is 9.37 Å². The molecule has 2 aromatic rings. The van der Waals surface area contributed by atoms with E-state index < -0.39 is 11.4 Å². The minimum absolute atomic E-state index is 0. The molecule has 0 aliphatic carbocycles. The molecular weight excluding hydrogens is 354 g/mol. The van der Waals surface area contributed by atoms with E-state index in [9.17, 15) is 14.3 Å². The minimum atomic E-state index is -0.750. The van der Waals surface area contributed by atoms with Crippen molar-refractivity contribution in [1.82, 2.24) is 9.97 Å². The van der Waals surface area contributed by atoms with Gasteiger partial charge in [0.1, 0.15) is 23.1 Å². The predicted octanol–water partition coefficient (Wildman–Crippen LogP) is -1.23. The number of benzene rings is 1. The summed E-state index contributed by atoms with van der Waals surface area (Å²) in [6.07, 6.45) is 2.66. The minimum Gasteiger partial charge on any atom is -0.850 e. The molecule has 0 bridgehead atoms. The Bertz CT molecular complexity index is 733. The standard InChI is InChI=1S/C13H13FN2O3.C4H9O.K/c14-8-5-10-12(13(17)16-7-15-10)11(6-8)19-9-1-3-18-4-2-9;1-4(2,3)5;/h5-7,9H,1-4H2,(H,15,16,17);1-3H3;/q;-1;+1. The number of nitrogens with one attached hydrogen (secondary N) is 1. The Hall–Kier alpha value is -0.354. The van der Waals surface area contributed by atoms with E-state index in [4.69, 9.17) is 9.47 Å². The van der Waals surface area contributed by atoms with Crippen molar-refractivity contribution in [3.05, 3.63) is 34.6 Å². The molecule has 0 radical (unpaired) electrons. The fourth-order valence-electron chi connectivity index (χ4n) is 2.20. The molecule has 0 spiro atoms. The molecule has 0 saturated carbocycles. The summed E-state index contributed by atoms with van der Waals surface area (Å²) >= 11 is 0. The van der Waals surface area contributed by atoms with Gasteiger partial charge in [-0.3, -0.25) is 4.79 Å². The molecule has 3 rings (SSSR count). The maximum absolute atomic E-state index is 13.5. The van der Waals surface area contributed by atoms with Gasteiger partial charge in [0.05, 0.1) is 25.1 Å². The maximum Gasteiger partial charge on any atom is 1.00 e. The number of rotatable bonds is 2. The Kier molecular flexibility index (Phi) is 9.17. The first kappa shape index (κ1) is 22.7. The van der Waals surface area contributed by atoms with Gasteiger partial charge < -0.3 is 19.6 Å². The zero-order chi connectivity index (χ0) is 17.7. The van der Waals surface area contributed by atoms with E-state index >= 15 is 0 Å².